The summed E-state index contributed by atoms with van der Waals surface area (Å²) in [6.45, 7) is 1.87. The molecule has 2 aliphatic rings. The molecule has 13 heavy (non-hydrogen) atoms. The minimum atomic E-state index is -0.607. The van der Waals surface area contributed by atoms with Gasteiger partial charge in [-0.25, -0.2) is 0 Å². The summed E-state index contributed by atoms with van der Waals surface area (Å²) in [5, 5.41) is 8.91. The summed E-state index contributed by atoms with van der Waals surface area (Å²) in [6, 6.07) is 0. The van der Waals surface area contributed by atoms with Crippen molar-refractivity contribution in [3.63, 3.8) is 0 Å². The van der Waals surface area contributed by atoms with E-state index in [9.17, 15) is 4.79 Å². The first kappa shape index (κ1) is 9.04. The maximum atomic E-state index is 10.8. The van der Waals surface area contributed by atoms with Crippen molar-refractivity contribution >= 4 is 5.97 Å². The van der Waals surface area contributed by atoms with Crippen LogP contribution in [0.15, 0.2) is 0 Å². The molecule has 0 bridgehead atoms. The maximum Gasteiger partial charge on any atom is 0.306 e. The van der Waals surface area contributed by atoms with E-state index in [2.05, 4.69) is 0 Å². The molecule has 2 heteroatoms. The van der Waals surface area contributed by atoms with Crippen LogP contribution in [0.1, 0.15) is 39.0 Å². The van der Waals surface area contributed by atoms with Gasteiger partial charge in [0, 0.05) is 0 Å². The second kappa shape index (κ2) is 3.32. The van der Waals surface area contributed by atoms with Crippen molar-refractivity contribution in [3.05, 3.63) is 0 Å². The molecule has 3 atom stereocenters. The lowest BCUT2D eigenvalue weighted by Crippen LogP contribution is -2.18. The quantitative estimate of drug-likeness (QED) is 0.712. The zero-order chi connectivity index (χ0) is 9.42. The van der Waals surface area contributed by atoms with Crippen molar-refractivity contribution < 1.29 is 9.90 Å². The molecule has 0 aromatic heterocycles. The summed E-state index contributed by atoms with van der Waals surface area (Å²) in [6.07, 6.45) is 6.45. The fourth-order valence-electron chi connectivity index (χ4n) is 3.22. The Morgan fingerprint density at radius 1 is 1.31 bits per heavy atom. The Labute approximate surface area is 79.3 Å². The van der Waals surface area contributed by atoms with Crippen LogP contribution in [0.5, 0.6) is 0 Å². The molecule has 0 heterocycles. The van der Waals surface area contributed by atoms with Crippen molar-refractivity contribution in [1.29, 1.82) is 0 Å². The molecule has 2 rings (SSSR count). The first-order chi connectivity index (χ1) is 6.18. The Kier molecular flexibility index (Phi) is 2.31. The Hall–Kier alpha value is -0.530. The number of carbonyl (C=O) groups is 1. The molecule has 0 saturated heterocycles. The standard InChI is InChI=1S/C11H18O2/c1-7(11(12)13)10-5-8-3-2-4-9(8)6-10/h7-10H,2-6H2,1H3,(H,12,13). The van der Waals surface area contributed by atoms with E-state index >= 15 is 0 Å². The van der Waals surface area contributed by atoms with Crippen molar-refractivity contribution in [2.24, 2.45) is 23.7 Å². The average Bonchev–Trinajstić information content (AvgIpc) is 2.59. The Bertz CT molecular complexity index is 200. The van der Waals surface area contributed by atoms with E-state index in [1.54, 1.807) is 0 Å². The van der Waals surface area contributed by atoms with Crippen molar-refractivity contribution in [3.8, 4) is 0 Å². The molecule has 2 fully saturated rings. The number of hydrogen-bond acceptors (Lipinski definition) is 1. The monoisotopic (exact) mass is 182 g/mol. The molecule has 2 nitrogen and oxygen atoms in total. The van der Waals surface area contributed by atoms with Crippen LogP contribution in [0.4, 0.5) is 0 Å². The van der Waals surface area contributed by atoms with Crippen LogP contribution >= 0.6 is 0 Å². The second-order valence-electron chi connectivity index (χ2n) is 4.81. The lowest BCUT2D eigenvalue weighted by molar-refractivity contribution is -0.142. The van der Waals surface area contributed by atoms with Gasteiger partial charge >= 0.3 is 5.97 Å². The lowest BCUT2D eigenvalue weighted by Gasteiger charge is -2.15. The summed E-state index contributed by atoms with van der Waals surface area (Å²) >= 11 is 0. The molecule has 0 radical (unpaired) electrons. The second-order valence-corrected chi connectivity index (χ2v) is 4.81. The molecule has 0 aromatic carbocycles. The van der Waals surface area contributed by atoms with E-state index in [4.69, 9.17) is 5.11 Å². The van der Waals surface area contributed by atoms with Crippen LogP contribution in [-0.4, -0.2) is 11.1 Å². The van der Waals surface area contributed by atoms with Crippen LogP contribution in [-0.2, 0) is 4.79 Å². The molecular weight excluding hydrogens is 164 g/mol. The minimum absolute atomic E-state index is 0.120. The Balaban J connectivity index is 1.95. The molecule has 2 aliphatic carbocycles. The highest BCUT2D eigenvalue weighted by Gasteiger charge is 2.40. The summed E-state index contributed by atoms with van der Waals surface area (Å²) in [4.78, 5) is 10.8. The Morgan fingerprint density at radius 3 is 2.31 bits per heavy atom. The van der Waals surface area contributed by atoms with Gasteiger partial charge in [0.2, 0.25) is 0 Å². The molecule has 2 saturated carbocycles. The van der Waals surface area contributed by atoms with E-state index in [1.165, 1.54) is 32.1 Å². The fraction of sp³-hybridized carbons (Fsp3) is 0.909. The van der Waals surface area contributed by atoms with Gasteiger partial charge in [-0.05, 0) is 30.6 Å². The summed E-state index contributed by atoms with van der Waals surface area (Å²) < 4.78 is 0. The third-order valence-electron chi connectivity index (χ3n) is 4.12. The maximum absolute atomic E-state index is 10.8. The van der Waals surface area contributed by atoms with Crippen molar-refractivity contribution in [1.82, 2.24) is 0 Å². The number of carboxylic acid groups (broad SMARTS) is 1. The molecule has 0 amide bonds. The highest BCUT2D eigenvalue weighted by atomic mass is 16.4. The number of rotatable bonds is 2. The van der Waals surface area contributed by atoms with Gasteiger partial charge in [0.25, 0.3) is 0 Å². The summed E-state index contributed by atoms with van der Waals surface area (Å²) in [5.74, 6) is 1.47. The van der Waals surface area contributed by atoms with Gasteiger partial charge < -0.3 is 5.11 Å². The van der Waals surface area contributed by atoms with Gasteiger partial charge in [-0.3, -0.25) is 4.79 Å². The molecular formula is C11H18O2. The minimum Gasteiger partial charge on any atom is -0.481 e. The molecule has 0 aliphatic heterocycles. The van der Waals surface area contributed by atoms with Gasteiger partial charge in [-0.15, -0.1) is 0 Å². The molecule has 74 valence electrons. The van der Waals surface area contributed by atoms with Gasteiger partial charge in [0.05, 0.1) is 5.92 Å². The fourth-order valence-corrected chi connectivity index (χ4v) is 3.22. The topological polar surface area (TPSA) is 37.3 Å². The van der Waals surface area contributed by atoms with Gasteiger partial charge in [-0.1, -0.05) is 26.2 Å². The van der Waals surface area contributed by atoms with E-state index in [0.717, 1.165) is 11.8 Å². The van der Waals surface area contributed by atoms with E-state index < -0.39 is 5.97 Å². The van der Waals surface area contributed by atoms with Gasteiger partial charge in [0.15, 0.2) is 0 Å². The first-order valence-electron chi connectivity index (χ1n) is 5.41. The van der Waals surface area contributed by atoms with Crippen LogP contribution in [0.2, 0.25) is 0 Å². The van der Waals surface area contributed by atoms with Crippen LogP contribution < -0.4 is 0 Å². The molecule has 0 aromatic rings. The highest BCUT2D eigenvalue weighted by Crippen LogP contribution is 2.48. The first-order valence-corrected chi connectivity index (χ1v) is 5.41. The third kappa shape index (κ3) is 1.59. The lowest BCUT2D eigenvalue weighted by atomic mass is 9.90. The zero-order valence-corrected chi connectivity index (χ0v) is 8.20. The number of aliphatic carboxylic acids is 1. The largest absolute Gasteiger partial charge is 0.481 e. The Morgan fingerprint density at radius 2 is 1.85 bits per heavy atom. The van der Waals surface area contributed by atoms with Crippen molar-refractivity contribution in [2.75, 3.05) is 0 Å². The van der Waals surface area contributed by atoms with Crippen LogP contribution in [0.3, 0.4) is 0 Å². The number of hydrogen-bond donors (Lipinski definition) is 1. The predicted molar refractivity (Wildman–Crippen MR) is 50.4 cm³/mol. The SMILES string of the molecule is CC(C(=O)O)C1CC2CCCC2C1. The zero-order valence-electron chi connectivity index (χ0n) is 8.20. The van der Waals surface area contributed by atoms with Gasteiger partial charge in [0.1, 0.15) is 0 Å². The van der Waals surface area contributed by atoms with Crippen LogP contribution in [0.25, 0.3) is 0 Å². The average molecular weight is 182 g/mol. The summed E-state index contributed by atoms with van der Waals surface area (Å²) in [5.41, 5.74) is 0. The normalized spacial score (nSPS) is 40.2. The third-order valence-corrected chi connectivity index (χ3v) is 4.12. The van der Waals surface area contributed by atoms with Crippen molar-refractivity contribution in [2.45, 2.75) is 39.0 Å². The molecule has 1 N–H and O–H groups in total. The van der Waals surface area contributed by atoms with E-state index in [-0.39, 0.29) is 5.92 Å². The van der Waals surface area contributed by atoms with Crippen LogP contribution in [0, 0.1) is 23.7 Å². The summed E-state index contributed by atoms with van der Waals surface area (Å²) in [7, 11) is 0. The molecule has 3 unspecified atom stereocenters. The highest BCUT2D eigenvalue weighted by molar-refractivity contribution is 5.69. The molecule has 0 spiro atoms. The number of fused-ring (bicyclic) bond motifs is 1. The van der Waals surface area contributed by atoms with Gasteiger partial charge in [-0.2, -0.15) is 0 Å². The smallest absolute Gasteiger partial charge is 0.306 e. The number of carboxylic acids is 1. The predicted octanol–water partition coefficient (Wildman–Crippen LogP) is 2.53. The van der Waals surface area contributed by atoms with E-state index in [0.29, 0.717) is 5.92 Å². The van der Waals surface area contributed by atoms with E-state index in [1.807, 2.05) is 6.92 Å².